The van der Waals surface area contributed by atoms with Crippen molar-refractivity contribution in [2.24, 2.45) is 0 Å². The molecule has 0 unspecified atom stereocenters. The van der Waals surface area contributed by atoms with Crippen molar-refractivity contribution in [1.82, 2.24) is 10.3 Å². The Hall–Kier alpha value is -2.44. The van der Waals surface area contributed by atoms with Crippen molar-refractivity contribution in [3.05, 3.63) is 47.2 Å². The van der Waals surface area contributed by atoms with Crippen LogP contribution < -0.4 is 11.1 Å². The predicted octanol–water partition coefficient (Wildman–Crippen LogP) is 1.77. The average molecular weight is 267 g/mol. The van der Waals surface area contributed by atoms with Crippen molar-refractivity contribution in [2.75, 3.05) is 5.73 Å². The van der Waals surface area contributed by atoms with Crippen molar-refractivity contribution >= 4 is 11.6 Å². The minimum atomic E-state index is -1.08. The van der Waals surface area contributed by atoms with Crippen LogP contribution in [0.5, 0.6) is 0 Å². The first-order chi connectivity index (χ1) is 8.99. The van der Waals surface area contributed by atoms with Crippen LogP contribution in [0, 0.1) is 18.6 Å². The number of nitrogen functional groups attached to an aromatic ring is 1. The normalized spacial score (nSPS) is 10.5. The van der Waals surface area contributed by atoms with E-state index in [2.05, 4.69) is 10.3 Å². The van der Waals surface area contributed by atoms with Crippen LogP contribution in [-0.4, -0.2) is 10.9 Å². The number of benzene rings is 1. The molecule has 0 spiro atoms. The summed E-state index contributed by atoms with van der Waals surface area (Å²) in [5.74, 6) is -2.16. The van der Waals surface area contributed by atoms with Crippen LogP contribution in [0.4, 0.5) is 14.5 Å². The Morgan fingerprint density at radius 3 is 2.84 bits per heavy atom. The number of nitrogens with one attached hydrogen (secondary N) is 1. The molecule has 2 aromatic rings. The number of nitrogens with zero attached hydrogens (tertiary/aromatic N) is 1. The van der Waals surface area contributed by atoms with Crippen LogP contribution in [0.15, 0.2) is 22.7 Å². The highest BCUT2D eigenvalue weighted by atomic mass is 19.1. The Kier molecular flexibility index (Phi) is 3.46. The third-order valence-electron chi connectivity index (χ3n) is 2.42. The lowest BCUT2D eigenvalue weighted by Crippen LogP contribution is -2.25. The number of amides is 1. The van der Waals surface area contributed by atoms with Gasteiger partial charge in [0.05, 0.1) is 18.4 Å². The number of hydrogen-bond donors (Lipinski definition) is 2. The lowest BCUT2D eigenvalue weighted by atomic mass is 10.1. The molecule has 0 saturated carbocycles. The monoisotopic (exact) mass is 267 g/mol. The molecular formula is C12H11F2N3O2. The van der Waals surface area contributed by atoms with Gasteiger partial charge in [0.1, 0.15) is 17.1 Å². The average Bonchev–Trinajstić information content (AvgIpc) is 2.78. The maximum atomic E-state index is 13.6. The molecule has 1 amide bonds. The van der Waals surface area contributed by atoms with Crippen LogP contribution in [0.25, 0.3) is 0 Å². The second kappa shape index (κ2) is 5.05. The summed E-state index contributed by atoms with van der Waals surface area (Å²) >= 11 is 0. The Balaban J connectivity index is 2.14. The van der Waals surface area contributed by atoms with Gasteiger partial charge in [-0.1, -0.05) is 0 Å². The summed E-state index contributed by atoms with van der Waals surface area (Å²) in [7, 11) is 0. The maximum Gasteiger partial charge on any atom is 0.257 e. The minimum absolute atomic E-state index is 0.0691. The molecule has 0 aliphatic carbocycles. The molecule has 0 bridgehead atoms. The first-order valence-corrected chi connectivity index (χ1v) is 5.42. The van der Waals surface area contributed by atoms with Gasteiger partial charge in [0.25, 0.3) is 5.91 Å². The highest BCUT2D eigenvalue weighted by molar-refractivity contribution is 5.95. The topological polar surface area (TPSA) is 81.2 Å². The van der Waals surface area contributed by atoms with E-state index in [-0.39, 0.29) is 18.1 Å². The number of aromatic nitrogens is 1. The standard InChI is InChI=1S/C12H11F2N3O2/c1-6-4-16-9(19-6)5-17-12(18)10-7(13)2-3-8(15)11(10)14/h2-4H,5,15H2,1H3,(H,17,18). The van der Waals surface area contributed by atoms with Crippen molar-refractivity contribution in [2.45, 2.75) is 13.5 Å². The number of carbonyl (C=O) groups excluding carboxylic acids is 1. The zero-order valence-electron chi connectivity index (χ0n) is 10.0. The number of halogens is 2. The van der Waals surface area contributed by atoms with Gasteiger partial charge < -0.3 is 15.5 Å². The predicted molar refractivity (Wildman–Crippen MR) is 63.2 cm³/mol. The van der Waals surface area contributed by atoms with E-state index in [1.807, 2.05) is 0 Å². The Morgan fingerprint density at radius 2 is 2.21 bits per heavy atom. The fourth-order valence-electron chi connectivity index (χ4n) is 1.50. The van der Waals surface area contributed by atoms with Gasteiger partial charge in [-0.15, -0.1) is 0 Å². The van der Waals surface area contributed by atoms with Crippen molar-refractivity contribution in [3.8, 4) is 0 Å². The van der Waals surface area contributed by atoms with Gasteiger partial charge >= 0.3 is 0 Å². The minimum Gasteiger partial charge on any atom is -0.444 e. The molecule has 5 nitrogen and oxygen atoms in total. The largest absolute Gasteiger partial charge is 0.444 e. The van der Waals surface area contributed by atoms with Crippen LogP contribution in [0.2, 0.25) is 0 Å². The number of oxazole rings is 1. The summed E-state index contributed by atoms with van der Waals surface area (Å²) in [6.45, 7) is 1.62. The van der Waals surface area contributed by atoms with Gasteiger partial charge in [0.15, 0.2) is 5.82 Å². The van der Waals surface area contributed by atoms with Gasteiger partial charge in [-0.3, -0.25) is 4.79 Å². The highest BCUT2D eigenvalue weighted by Crippen LogP contribution is 2.18. The number of carbonyl (C=O) groups is 1. The third kappa shape index (κ3) is 2.70. The first-order valence-electron chi connectivity index (χ1n) is 5.42. The number of hydrogen-bond acceptors (Lipinski definition) is 4. The smallest absolute Gasteiger partial charge is 0.257 e. The fourth-order valence-corrected chi connectivity index (χ4v) is 1.50. The maximum absolute atomic E-state index is 13.6. The Bertz CT molecular complexity index is 625. The molecule has 7 heteroatoms. The highest BCUT2D eigenvalue weighted by Gasteiger charge is 2.19. The first kappa shape index (κ1) is 13.0. The third-order valence-corrected chi connectivity index (χ3v) is 2.42. The number of aryl methyl sites for hydroxylation is 1. The summed E-state index contributed by atoms with van der Waals surface area (Å²) < 4.78 is 32.1. The van der Waals surface area contributed by atoms with E-state index < -0.39 is 23.1 Å². The molecular weight excluding hydrogens is 256 g/mol. The number of anilines is 1. The SMILES string of the molecule is Cc1cnc(CNC(=O)c2c(F)ccc(N)c2F)o1. The van der Waals surface area contributed by atoms with Crippen LogP contribution in [0.3, 0.4) is 0 Å². The summed E-state index contributed by atoms with van der Waals surface area (Å²) in [4.78, 5) is 15.6. The lowest BCUT2D eigenvalue weighted by molar-refractivity contribution is 0.0938. The molecule has 1 heterocycles. The van der Waals surface area contributed by atoms with Gasteiger partial charge in [-0.2, -0.15) is 0 Å². The van der Waals surface area contributed by atoms with E-state index in [0.29, 0.717) is 5.76 Å². The quantitative estimate of drug-likeness (QED) is 0.830. The molecule has 0 radical (unpaired) electrons. The van der Waals surface area contributed by atoms with Crippen molar-refractivity contribution in [1.29, 1.82) is 0 Å². The summed E-state index contributed by atoms with van der Waals surface area (Å²) in [5.41, 5.74) is 4.27. The second-order valence-electron chi connectivity index (χ2n) is 3.87. The van der Waals surface area contributed by atoms with Crippen LogP contribution in [-0.2, 0) is 6.54 Å². The molecule has 0 aliphatic rings. The molecule has 1 aromatic carbocycles. The van der Waals surface area contributed by atoms with E-state index in [4.69, 9.17) is 10.2 Å². The summed E-state index contributed by atoms with van der Waals surface area (Å²) in [6, 6.07) is 1.99. The molecule has 3 N–H and O–H groups in total. The number of nitrogens with two attached hydrogens (primary N) is 1. The van der Waals surface area contributed by atoms with E-state index in [1.165, 1.54) is 6.20 Å². The molecule has 1 aromatic heterocycles. The zero-order valence-corrected chi connectivity index (χ0v) is 10.0. The van der Waals surface area contributed by atoms with Gasteiger partial charge in [0.2, 0.25) is 5.89 Å². The molecule has 0 fully saturated rings. The Labute approximate surface area is 107 Å². The van der Waals surface area contributed by atoms with Crippen LogP contribution >= 0.6 is 0 Å². The van der Waals surface area contributed by atoms with Gasteiger partial charge in [-0.25, -0.2) is 13.8 Å². The zero-order chi connectivity index (χ0) is 14.0. The van der Waals surface area contributed by atoms with E-state index in [0.717, 1.165) is 12.1 Å². The molecule has 100 valence electrons. The molecule has 0 atom stereocenters. The fraction of sp³-hybridized carbons (Fsp3) is 0.167. The summed E-state index contributed by atoms with van der Waals surface area (Å²) in [5, 5.41) is 2.31. The van der Waals surface area contributed by atoms with E-state index in [1.54, 1.807) is 6.92 Å². The summed E-state index contributed by atoms with van der Waals surface area (Å²) in [6.07, 6.45) is 1.48. The van der Waals surface area contributed by atoms with Crippen molar-refractivity contribution in [3.63, 3.8) is 0 Å². The molecule has 19 heavy (non-hydrogen) atoms. The lowest BCUT2D eigenvalue weighted by Gasteiger charge is -2.07. The molecule has 2 rings (SSSR count). The van der Waals surface area contributed by atoms with Gasteiger partial charge in [-0.05, 0) is 19.1 Å². The Morgan fingerprint density at radius 1 is 1.47 bits per heavy atom. The van der Waals surface area contributed by atoms with Gasteiger partial charge in [0, 0.05) is 0 Å². The van der Waals surface area contributed by atoms with Crippen LogP contribution in [0.1, 0.15) is 22.0 Å². The van der Waals surface area contributed by atoms with E-state index >= 15 is 0 Å². The molecule has 0 saturated heterocycles. The van der Waals surface area contributed by atoms with Crippen molar-refractivity contribution < 1.29 is 18.0 Å². The second-order valence-corrected chi connectivity index (χ2v) is 3.87. The number of rotatable bonds is 3. The molecule has 0 aliphatic heterocycles. The van der Waals surface area contributed by atoms with E-state index in [9.17, 15) is 13.6 Å².